The highest BCUT2D eigenvalue weighted by Gasteiger charge is 2.40. The van der Waals surface area contributed by atoms with E-state index >= 15 is 0 Å². The van der Waals surface area contributed by atoms with Crippen LogP contribution in [0.3, 0.4) is 0 Å². The molecule has 0 fully saturated rings. The Bertz CT molecular complexity index is 323. The highest BCUT2D eigenvalue weighted by molar-refractivity contribution is 6.74. The molecule has 0 aliphatic carbocycles. The van der Waals surface area contributed by atoms with E-state index in [2.05, 4.69) is 40.4 Å². The van der Waals surface area contributed by atoms with Crippen molar-refractivity contribution in [3.63, 3.8) is 0 Å². The fourth-order valence-electron chi connectivity index (χ4n) is 1.78. The Labute approximate surface area is 131 Å². The fourth-order valence-corrected chi connectivity index (χ4v) is 3.13. The number of carbonyl (C=O) groups excluding carboxylic acids is 1. The minimum Gasteiger partial charge on any atom is -0.410 e. The van der Waals surface area contributed by atoms with Crippen LogP contribution in [-0.2, 0) is 18.7 Å². The number of methoxy groups -OCH3 is 1. The summed E-state index contributed by atoms with van der Waals surface area (Å²) in [6.45, 7) is 17.1. The van der Waals surface area contributed by atoms with E-state index < -0.39 is 8.32 Å². The first kappa shape index (κ1) is 20.5. The molecule has 3 atom stereocenters. The van der Waals surface area contributed by atoms with Gasteiger partial charge in [0.2, 0.25) is 0 Å². The van der Waals surface area contributed by atoms with Crippen molar-refractivity contribution in [3.8, 4) is 0 Å². The summed E-state index contributed by atoms with van der Waals surface area (Å²) in [6.07, 6.45) is 2.67. The van der Waals surface area contributed by atoms with Gasteiger partial charge in [-0.1, -0.05) is 33.8 Å². The molecule has 0 aliphatic heterocycles. The monoisotopic (exact) mass is 316 g/mol. The quantitative estimate of drug-likeness (QED) is 0.266. The van der Waals surface area contributed by atoms with Gasteiger partial charge in [-0.3, -0.25) is 0 Å². The zero-order chi connectivity index (χ0) is 16.7. The van der Waals surface area contributed by atoms with Crippen LogP contribution in [0.2, 0.25) is 18.1 Å². The second-order valence-electron chi connectivity index (χ2n) is 6.95. The number of aldehydes is 1. The Balaban J connectivity index is 4.97. The Hall–Kier alpha value is -0.493. The molecule has 124 valence electrons. The molecular formula is C16H32O4Si. The Morgan fingerprint density at radius 2 is 1.86 bits per heavy atom. The highest BCUT2D eigenvalue weighted by Crippen LogP contribution is 2.38. The first-order chi connectivity index (χ1) is 9.60. The Morgan fingerprint density at radius 3 is 2.24 bits per heavy atom. The van der Waals surface area contributed by atoms with Crippen LogP contribution in [0.1, 0.15) is 34.1 Å². The van der Waals surface area contributed by atoms with Gasteiger partial charge < -0.3 is 18.7 Å². The normalized spacial score (nSPS) is 17.1. The van der Waals surface area contributed by atoms with Crippen molar-refractivity contribution >= 4 is 14.6 Å². The molecule has 0 aromatic heterocycles. The molecule has 0 heterocycles. The molecule has 0 unspecified atom stereocenters. The van der Waals surface area contributed by atoms with E-state index in [4.69, 9.17) is 13.9 Å². The molecule has 0 aromatic rings. The van der Waals surface area contributed by atoms with Gasteiger partial charge in [0, 0.05) is 19.4 Å². The Morgan fingerprint density at radius 1 is 1.29 bits per heavy atom. The van der Waals surface area contributed by atoms with Crippen molar-refractivity contribution in [2.24, 2.45) is 5.92 Å². The largest absolute Gasteiger partial charge is 0.410 e. The third-order valence-corrected chi connectivity index (χ3v) is 8.78. The fraction of sp³-hybridized carbons (Fsp3) is 0.812. The predicted octanol–water partition coefficient (Wildman–Crippen LogP) is 3.78. The summed E-state index contributed by atoms with van der Waals surface area (Å²) in [4.78, 5) is 10.9. The standard InChI is InChI=1S/C16H32O4Si/c1-9-14(20-21(7,8)16(3,4)5)13(2)15(10-11-17)19-12-18-6/h9,11,13-15H,1,10,12H2,2-8H3/t13-,14-,15-/m0/s1. The van der Waals surface area contributed by atoms with Gasteiger partial charge in [-0.25, -0.2) is 0 Å². The molecule has 0 spiro atoms. The van der Waals surface area contributed by atoms with Crippen molar-refractivity contribution in [2.45, 2.75) is 64.5 Å². The van der Waals surface area contributed by atoms with E-state index in [1.807, 2.05) is 13.0 Å². The lowest BCUT2D eigenvalue weighted by molar-refractivity contribution is -0.122. The molecule has 0 saturated carbocycles. The van der Waals surface area contributed by atoms with Crippen molar-refractivity contribution < 1.29 is 18.7 Å². The average Bonchev–Trinajstić information content (AvgIpc) is 2.38. The van der Waals surface area contributed by atoms with Crippen LogP contribution in [0.25, 0.3) is 0 Å². The van der Waals surface area contributed by atoms with Gasteiger partial charge in [0.25, 0.3) is 0 Å². The first-order valence-electron chi connectivity index (χ1n) is 7.45. The molecule has 0 aromatic carbocycles. The van der Waals surface area contributed by atoms with E-state index in [-0.39, 0.29) is 30.0 Å². The summed E-state index contributed by atoms with van der Waals surface area (Å²) in [5, 5.41) is 0.127. The summed E-state index contributed by atoms with van der Waals surface area (Å²) >= 11 is 0. The molecule has 0 saturated heterocycles. The molecule has 0 aliphatic rings. The molecule has 21 heavy (non-hydrogen) atoms. The van der Waals surface area contributed by atoms with Crippen LogP contribution in [0.15, 0.2) is 12.7 Å². The van der Waals surface area contributed by atoms with Crippen LogP contribution in [0.5, 0.6) is 0 Å². The topological polar surface area (TPSA) is 44.8 Å². The van der Waals surface area contributed by atoms with Gasteiger partial charge in [-0.05, 0) is 18.1 Å². The molecule has 0 N–H and O–H groups in total. The summed E-state index contributed by atoms with van der Waals surface area (Å²) in [7, 11) is -0.329. The third-order valence-electron chi connectivity index (χ3n) is 4.30. The van der Waals surface area contributed by atoms with Gasteiger partial charge in [0.15, 0.2) is 8.32 Å². The molecule has 4 nitrogen and oxygen atoms in total. The highest BCUT2D eigenvalue weighted by atomic mass is 28.4. The SMILES string of the molecule is C=C[C@H](O[Si](C)(C)C(C)(C)C)[C@H](C)[C@H](CC=O)OCOC. The zero-order valence-electron chi connectivity index (χ0n) is 14.6. The van der Waals surface area contributed by atoms with Crippen LogP contribution in [0.4, 0.5) is 0 Å². The van der Waals surface area contributed by atoms with Crippen LogP contribution < -0.4 is 0 Å². The van der Waals surface area contributed by atoms with E-state index in [9.17, 15) is 4.79 Å². The van der Waals surface area contributed by atoms with Gasteiger partial charge in [-0.2, -0.15) is 0 Å². The second-order valence-corrected chi connectivity index (χ2v) is 11.7. The number of hydrogen-bond donors (Lipinski definition) is 0. The lowest BCUT2D eigenvalue weighted by atomic mass is 9.96. The lowest BCUT2D eigenvalue weighted by Gasteiger charge is -2.41. The summed E-state index contributed by atoms with van der Waals surface area (Å²) in [5.41, 5.74) is 0. The van der Waals surface area contributed by atoms with Crippen LogP contribution in [0, 0.1) is 5.92 Å². The molecule has 0 bridgehead atoms. The van der Waals surface area contributed by atoms with Crippen molar-refractivity contribution in [3.05, 3.63) is 12.7 Å². The molecule has 5 heteroatoms. The molecule has 0 radical (unpaired) electrons. The molecular weight excluding hydrogens is 284 g/mol. The minimum atomic E-state index is -1.90. The van der Waals surface area contributed by atoms with E-state index in [0.29, 0.717) is 6.42 Å². The van der Waals surface area contributed by atoms with Crippen LogP contribution in [-0.4, -0.2) is 40.7 Å². The van der Waals surface area contributed by atoms with Gasteiger partial charge in [0.05, 0.1) is 12.2 Å². The third kappa shape index (κ3) is 6.42. The van der Waals surface area contributed by atoms with E-state index in [0.717, 1.165) is 6.29 Å². The molecule has 0 amide bonds. The number of hydrogen-bond acceptors (Lipinski definition) is 4. The maximum Gasteiger partial charge on any atom is 0.192 e. The summed E-state index contributed by atoms with van der Waals surface area (Å²) in [5.74, 6) is 0.0389. The number of ether oxygens (including phenoxy) is 2. The summed E-state index contributed by atoms with van der Waals surface area (Å²) < 4.78 is 17.0. The van der Waals surface area contributed by atoms with Crippen LogP contribution >= 0.6 is 0 Å². The average molecular weight is 317 g/mol. The predicted molar refractivity (Wildman–Crippen MR) is 88.9 cm³/mol. The lowest BCUT2D eigenvalue weighted by Crippen LogP contribution is -2.46. The van der Waals surface area contributed by atoms with Gasteiger partial charge in [-0.15, -0.1) is 6.58 Å². The minimum absolute atomic E-state index is 0.0389. The van der Waals surface area contributed by atoms with Crippen molar-refractivity contribution in [1.29, 1.82) is 0 Å². The summed E-state index contributed by atoms with van der Waals surface area (Å²) in [6, 6.07) is 0. The van der Waals surface area contributed by atoms with Crippen molar-refractivity contribution in [1.82, 2.24) is 0 Å². The smallest absolute Gasteiger partial charge is 0.192 e. The maximum atomic E-state index is 10.9. The van der Waals surface area contributed by atoms with Gasteiger partial charge >= 0.3 is 0 Å². The second kappa shape index (κ2) is 8.83. The maximum absolute atomic E-state index is 10.9. The Kier molecular flexibility index (Phi) is 8.62. The molecule has 0 rings (SSSR count). The van der Waals surface area contributed by atoms with E-state index in [1.54, 1.807) is 7.11 Å². The number of rotatable bonds is 10. The first-order valence-corrected chi connectivity index (χ1v) is 10.4. The van der Waals surface area contributed by atoms with Gasteiger partial charge in [0.1, 0.15) is 13.1 Å². The van der Waals surface area contributed by atoms with Crippen molar-refractivity contribution in [2.75, 3.05) is 13.9 Å². The number of carbonyl (C=O) groups is 1. The zero-order valence-corrected chi connectivity index (χ0v) is 15.6. The van der Waals surface area contributed by atoms with E-state index in [1.165, 1.54) is 0 Å².